The van der Waals surface area contributed by atoms with Crippen molar-refractivity contribution in [1.82, 2.24) is 4.90 Å². The monoisotopic (exact) mass is 202 g/mol. The molecule has 3 heteroatoms. The molecule has 0 heterocycles. The molecule has 0 bridgehead atoms. The molecule has 14 heavy (non-hydrogen) atoms. The first-order valence-corrected chi connectivity index (χ1v) is 5.39. The summed E-state index contributed by atoms with van der Waals surface area (Å²) < 4.78 is 0. The van der Waals surface area contributed by atoms with E-state index < -0.39 is 5.60 Å². The molecule has 0 saturated heterocycles. The van der Waals surface area contributed by atoms with Gasteiger partial charge in [0.2, 0.25) is 0 Å². The van der Waals surface area contributed by atoms with Crippen molar-refractivity contribution in [2.75, 3.05) is 20.1 Å². The highest BCUT2D eigenvalue weighted by molar-refractivity contribution is 4.72. The Morgan fingerprint density at radius 3 is 2.21 bits per heavy atom. The number of hydrogen-bond acceptors (Lipinski definition) is 3. The summed E-state index contributed by atoms with van der Waals surface area (Å²) in [6.07, 6.45) is 0.990. The zero-order chi connectivity index (χ0) is 11.4. The maximum absolute atomic E-state index is 9.59. The molecule has 0 aliphatic rings. The van der Waals surface area contributed by atoms with Crippen LogP contribution in [0.15, 0.2) is 0 Å². The SMILES string of the molecule is CC(C)C(N)CCN(C)CC(C)(C)O. The van der Waals surface area contributed by atoms with Crippen LogP contribution in [0.4, 0.5) is 0 Å². The van der Waals surface area contributed by atoms with Crippen molar-refractivity contribution in [3.8, 4) is 0 Å². The Labute approximate surface area is 88.3 Å². The van der Waals surface area contributed by atoms with E-state index in [0.717, 1.165) is 13.0 Å². The van der Waals surface area contributed by atoms with Crippen LogP contribution < -0.4 is 5.73 Å². The molecule has 0 aromatic rings. The molecule has 0 aromatic carbocycles. The Morgan fingerprint density at radius 1 is 1.36 bits per heavy atom. The van der Waals surface area contributed by atoms with E-state index in [1.54, 1.807) is 0 Å². The second-order valence-corrected chi connectivity index (χ2v) is 5.25. The van der Waals surface area contributed by atoms with E-state index in [2.05, 4.69) is 18.7 Å². The second-order valence-electron chi connectivity index (χ2n) is 5.25. The van der Waals surface area contributed by atoms with Crippen LogP contribution >= 0.6 is 0 Å². The van der Waals surface area contributed by atoms with Gasteiger partial charge in [0, 0.05) is 12.6 Å². The molecule has 1 atom stereocenters. The van der Waals surface area contributed by atoms with Crippen LogP contribution in [0.2, 0.25) is 0 Å². The topological polar surface area (TPSA) is 49.5 Å². The molecule has 0 fully saturated rings. The van der Waals surface area contributed by atoms with Gasteiger partial charge in [-0.15, -0.1) is 0 Å². The highest BCUT2D eigenvalue weighted by Gasteiger charge is 2.16. The first kappa shape index (κ1) is 13.9. The normalized spacial score (nSPS) is 15.2. The molecular weight excluding hydrogens is 176 g/mol. The van der Waals surface area contributed by atoms with Crippen molar-refractivity contribution in [3.63, 3.8) is 0 Å². The van der Waals surface area contributed by atoms with Gasteiger partial charge in [-0.1, -0.05) is 13.8 Å². The average Bonchev–Trinajstić information content (AvgIpc) is 1.96. The van der Waals surface area contributed by atoms with E-state index in [1.165, 1.54) is 0 Å². The summed E-state index contributed by atoms with van der Waals surface area (Å²) in [4.78, 5) is 2.13. The molecule has 0 aliphatic carbocycles. The molecule has 0 rings (SSSR count). The molecule has 3 N–H and O–H groups in total. The minimum absolute atomic E-state index is 0.263. The van der Waals surface area contributed by atoms with Crippen molar-refractivity contribution in [2.45, 2.75) is 45.8 Å². The van der Waals surface area contributed by atoms with Gasteiger partial charge < -0.3 is 15.7 Å². The van der Waals surface area contributed by atoms with E-state index in [0.29, 0.717) is 12.5 Å². The molecular formula is C11H26N2O. The minimum Gasteiger partial charge on any atom is -0.389 e. The molecule has 0 amide bonds. The molecule has 0 aliphatic heterocycles. The quantitative estimate of drug-likeness (QED) is 0.677. The summed E-state index contributed by atoms with van der Waals surface area (Å²) in [5, 5.41) is 9.59. The van der Waals surface area contributed by atoms with Crippen LogP contribution in [0.3, 0.4) is 0 Å². The van der Waals surface area contributed by atoms with Crippen molar-refractivity contribution < 1.29 is 5.11 Å². The van der Waals surface area contributed by atoms with Crippen LogP contribution in [-0.2, 0) is 0 Å². The maximum Gasteiger partial charge on any atom is 0.0718 e. The third kappa shape index (κ3) is 7.30. The van der Waals surface area contributed by atoms with Gasteiger partial charge >= 0.3 is 0 Å². The lowest BCUT2D eigenvalue weighted by molar-refractivity contribution is 0.0435. The number of rotatable bonds is 6. The largest absolute Gasteiger partial charge is 0.389 e. The van der Waals surface area contributed by atoms with Gasteiger partial charge in [0.1, 0.15) is 0 Å². The lowest BCUT2D eigenvalue weighted by atomic mass is 10.0. The van der Waals surface area contributed by atoms with Crippen LogP contribution in [0.25, 0.3) is 0 Å². The molecule has 0 radical (unpaired) electrons. The summed E-state index contributed by atoms with van der Waals surface area (Å²) >= 11 is 0. The summed E-state index contributed by atoms with van der Waals surface area (Å²) in [7, 11) is 2.02. The summed E-state index contributed by atoms with van der Waals surface area (Å²) in [5.41, 5.74) is 5.32. The maximum atomic E-state index is 9.59. The third-order valence-corrected chi connectivity index (χ3v) is 2.36. The highest BCUT2D eigenvalue weighted by atomic mass is 16.3. The van der Waals surface area contributed by atoms with E-state index in [4.69, 9.17) is 5.73 Å². The Bertz CT molecular complexity index is 152. The first-order valence-electron chi connectivity index (χ1n) is 5.39. The van der Waals surface area contributed by atoms with Gasteiger partial charge in [-0.25, -0.2) is 0 Å². The predicted molar refractivity (Wildman–Crippen MR) is 61.2 cm³/mol. The van der Waals surface area contributed by atoms with Crippen molar-refractivity contribution in [3.05, 3.63) is 0 Å². The van der Waals surface area contributed by atoms with Crippen LogP contribution in [-0.4, -0.2) is 41.8 Å². The fraction of sp³-hybridized carbons (Fsp3) is 1.00. The van der Waals surface area contributed by atoms with Gasteiger partial charge in [0.25, 0.3) is 0 Å². The molecule has 3 nitrogen and oxygen atoms in total. The van der Waals surface area contributed by atoms with Gasteiger partial charge in [0.05, 0.1) is 5.60 Å². The average molecular weight is 202 g/mol. The van der Waals surface area contributed by atoms with Crippen LogP contribution in [0.1, 0.15) is 34.1 Å². The lowest BCUT2D eigenvalue weighted by Gasteiger charge is -2.27. The Morgan fingerprint density at radius 2 is 1.86 bits per heavy atom. The summed E-state index contributed by atoms with van der Waals surface area (Å²) in [6.45, 7) is 9.57. The second kappa shape index (κ2) is 5.69. The number of aliphatic hydroxyl groups is 1. The van der Waals surface area contributed by atoms with E-state index in [1.807, 2.05) is 20.9 Å². The Hall–Kier alpha value is -0.120. The third-order valence-electron chi connectivity index (χ3n) is 2.36. The van der Waals surface area contributed by atoms with Gasteiger partial charge in [0.15, 0.2) is 0 Å². The van der Waals surface area contributed by atoms with Crippen molar-refractivity contribution in [2.24, 2.45) is 11.7 Å². The molecule has 0 spiro atoms. The predicted octanol–water partition coefficient (Wildman–Crippen LogP) is 1.06. The first-order chi connectivity index (χ1) is 6.22. The Balaban J connectivity index is 3.69. The molecule has 86 valence electrons. The van der Waals surface area contributed by atoms with E-state index >= 15 is 0 Å². The zero-order valence-electron chi connectivity index (χ0n) is 10.2. The van der Waals surface area contributed by atoms with Crippen LogP contribution in [0, 0.1) is 5.92 Å². The molecule has 0 saturated carbocycles. The fourth-order valence-electron chi connectivity index (χ4n) is 1.44. The van der Waals surface area contributed by atoms with Gasteiger partial charge in [-0.05, 0) is 39.8 Å². The summed E-state index contributed by atoms with van der Waals surface area (Å²) in [6, 6.07) is 0.263. The fourth-order valence-corrected chi connectivity index (χ4v) is 1.44. The Kier molecular flexibility index (Phi) is 5.64. The minimum atomic E-state index is -0.614. The van der Waals surface area contributed by atoms with E-state index in [9.17, 15) is 5.11 Å². The number of nitrogens with zero attached hydrogens (tertiary/aromatic N) is 1. The van der Waals surface area contributed by atoms with Crippen molar-refractivity contribution in [1.29, 1.82) is 0 Å². The number of nitrogens with two attached hydrogens (primary N) is 1. The molecule has 0 aromatic heterocycles. The number of likely N-dealkylation sites (N-methyl/N-ethyl adjacent to an activating group) is 1. The smallest absolute Gasteiger partial charge is 0.0718 e. The van der Waals surface area contributed by atoms with Gasteiger partial charge in [-0.3, -0.25) is 0 Å². The van der Waals surface area contributed by atoms with Gasteiger partial charge in [-0.2, -0.15) is 0 Å². The van der Waals surface area contributed by atoms with E-state index in [-0.39, 0.29) is 6.04 Å². The lowest BCUT2D eigenvalue weighted by Crippen LogP contribution is -2.39. The molecule has 1 unspecified atom stereocenters. The summed E-state index contributed by atoms with van der Waals surface area (Å²) in [5.74, 6) is 0.533. The number of hydrogen-bond donors (Lipinski definition) is 2. The zero-order valence-corrected chi connectivity index (χ0v) is 10.2. The van der Waals surface area contributed by atoms with Crippen molar-refractivity contribution >= 4 is 0 Å². The highest BCUT2D eigenvalue weighted by Crippen LogP contribution is 2.06. The van der Waals surface area contributed by atoms with Crippen LogP contribution in [0.5, 0.6) is 0 Å². The standard InChI is InChI=1S/C11H26N2O/c1-9(2)10(12)6-7-13(5)8-11(3,4)14/h9-10,14H,6-8,12H2,1-5H3.